The number of hydrogen-bond acceptors (Lipinski definition) is 3. The lowest BCUT2D eigenvalue weighted by atomic mass is 9.91. The highest BCUT2D eigenvalue weighted by Gasteiger charge is 2.29. The number of aromatic nitrogens is 2. The van der Waals surface area contributed by atoms with Crippen LogP contribution in [0.4, 0.5) is 0 Å². The normalized spacial score (nSPS) is 22.1. The molecule has 2 N–H and O–H groups in total. The van der Waals surface area contributed by atoms with E-state index in [0.29, 0.717) is 6.54 Å². The first-order valence-corrected chi connectivity index (χ1v) is 7.87. The maximum absolute atomic E-state index is 12.6. The zero-order chi connectivity index (χ0) is 15.6. The number of piperidine rings is 1. The highest BCUT2D eigenvalue weighted by molar-refractivity contribution is 5.79. The third-order valence-electron chi connectivity index (χ3n) is 4.66. The Morgan fingerprint density at radius 3 is 2.76 bits per heavy atom. The zero-order valence-electron chi connectivity index (χ0n) is 13.5. The van der Waals surface area contributed by atoms with Gasteiger partial charge in [-0.3, -0.25) is 9.89 Å². The van der Waals surface area contributed by atoms with E-state index >= 15 is 0 Å². The SMILES string of the molecule is Cc1n[nH]c(C)c1CC(C)C(=O)N1CCCC(C(C)O)C1. The van der Waals surface area contributed by atoms with E-state index in [0.717, 1.165) is 42.8 Å². The lowest BCUT2D eigenvalue weighted by Gasteiger charge is -2.35. The van der Waals surface area contributed by atoms with Crippen molar-refractivity contribution in [2.75, 3.05) is 13.1 Å². The minimum absolute atomic E-state index is 0.0484. The summed E-state index contributed by atoms with van der Waals surface area (Å²) in [6.45, 7) is 9.28. The highest BCUT2D eigenvalue weighted by atomic mass is 16.3. The maximum Gasteiger partial charge on any atom is 0.225 e. The van der Waals surface area contributed by atoms with Crippen LogP contribution in [0.1, 0.15) is 43.6 Å². The third-order valence-corrected chi connectivity index (χ3v) is 4.66. The second kappa shape index (κ2) is 6.60. The van der Waals surface area contributed by atoms with Gasteiger partial charge in [-0.1, -0.05) is 6.92 Å². The van der Waals surface area contributed by atoms with Crippen LogP contribution in [0.3, 0.4) is 0 Å². The molecule has 21 heavy (non-hydrogen) atoms. The largest absolute Gasteiger partial charge is 0.393 e. The van der Waals surface area contributed by atoms with Crippen molar-refractivity contribution in [3.05, 3.63) is 17.0 Å². The summed E-state index contributed by atoms with van der Waals surface area (Å²) in [6, 6.07) is 0. The molecule has 2 rings (SSSR count). The average Bonchev–Trinajstić information content (AvgIpc) is 2.78. The molecular weight excluding hydrogens is 266 g/mol. The summed E-state index contributed by atoms with van der Waals surface area (Å²) < 4.78 is 0. The summed E-state index contributed by atoms with van der Waals surface area (Å²) in [7, 11) is 0. The number of aliphatic hydroxyl groups excluding tert-OH is 1. The third kappa shape index (κ3) is 3.64. The van der Waals surface area contributed by atoms with Crippen molar-refractivity contribution in [2.45, 2.75) is 53.1 Å². The average molecular weight is 293 g/mol. The Kier molecular flexibility index (Phi) is 5.04. The Morgan fingerprint density at radius 2 is 2.19 bits per heavy atom. The molecule has 1 aliphatic heterocycles. The van der Waals surface area contributed by atoms with Crippen LogP contribution in [0.25, 0.3) is 0 Å². The molecule has 3 unspecified atom stereocenters. The van der Waals surface area contributed by atoms with Gasteiger partial charge in [-0.15, -0.1) is 0 Å². The number of nitrogens with zero attached hydrogens (tertiary/aromatic N) is 2. The molecule has 5 heteroatoms. The van der Waals surface area contributed by atoms with Crippen LogP contribution in [0.15, 0.2) is 0 Å². The molecule has 5 nitrogen and oxygen atoms in total. The maximum atomic E-state index is 12.6. The lowest BCUT2D eigenvalue weighted by Crippen LogP contribution is -2.45. The van der Waals surface area contributed by atoms with E-state index in [4.69, 9.17) is 0 Å². The van der Waals surface area contributed by atoms with Gasteiger partial charge in [0.05, 0.1) is 11.8 Å². The topological polar surface area (TPSA) is 69.2 Å². The van der Waals surface area contributed by atoms with Crippen molar-refractivity contribution in [1.29, 1.82) is 0 Å². The molecule has 0 radical (unpaired) electrons. The first kappa shape index (κ1) is 16.0. The van der Waals surface area contributed by atoms with Gasteiger partial charge in [0, 0.05) is 30.6 Å². The van der Waals surface area contributed by atoms with Gasteiger partial charge in [0.25, 0.3) is 0 Å². The minimum atomic E-state index is -0.339. The number of aromatic amines is 1. The molecule has 1 aliphatic rings. The van der Waals surface area contributed by atoms with Crippen LogP contribution < -0.4 is 0 Å². The highest BCUT2D eigenvalue weighted by Crippen LogP contribution is 2.23. The van der Waals surface area contributed by atoms with Crippen LogP contribution in [0.2, 0.25) is 0 Å². The molecule has 118 valence electrons. The number of aryl methyl sites for hydroxylation is 2. The smallest absolute Gasteiger partial charge is 0.225 e. The lowest BCUT2D eigenvalue weighted by molar-refractivity contribution is -0.137. The summed E-state index contributed by atoms with van der Waals surface area (Å²) in [5.41, 5.74) is 3.18. The molecule has 0 spiro atoms. The Balaban J connectivity index is 1.99. The van der Waals surface area contributed by atoms with Gasteiger partial charge in [-0.25, -0.2) is 0 Å². The van der Waals surface area contributed by atoms with Crippen molar-refractivity contribution < 1.29 is 9.90 Å². The predicted octanol–water partition coefficient (Wildman–Crippen LogP) is 1.82. The minimum Gasteiger partial charge on any atom is -0.393 e. The second-order valence-corrected chi connectivity index (χ2v) is 6.44. The monoisotopic (exact) mass is 293 g/mol. The standard InChI is InChI=1S/C16H27N3O2/c1-10(8-15-11(2)17-18-12(15)3)16(21)19-7-5-6-14(9-19)13(4)20/h10,13-14,20H,5-9H2,1-4H3,(H,17,18). The number of hydrogen-bond donors (Lipinski definition) is 2. The molecular formula is C16H27N3O2. The molecule has 1 aromatic rings. The Morgan fingerprint density at radius 1 is 1.48 bits per heavy atom. The summed E-state index contributed by atoms with van der Waals surface area (Å²) in [5.74, 6) is 0.361. The molecule has 1 aromatic heterocycles. The number of aliphatic hydroxyl groups is 1. The number of nitrogens with one attached hydrogen (secondary N) is 1. The second-order valence-electron chi connectivity index (χ2n) is 6.44. The van der Waals surface area contributed by atoms with Gasteiger partial charge >= 0.3 is 0 Å². The Bertz CT molecular complexity index is 476. The molecule has 0 aromatic carbocycles. The number of carbonyl (C=O) groups is 1. The molecule has 3 atom stereocenters. The van der Waals surface area contributed by atoms with Crippen molar-refractivity contribution in [1.82, 2.24) is 15.1 Å². The molecule has 1 saturated heterocycles. The van der Waals surface area contributed by atoms with E-state index < -0.39 is 0 Å². The number of carbonyl (C=O) groups excluding carboxylic acids is 1. The van der Waals surface area contributed by atoms with Crippen LogP contribution in [-0.4, -0.2) is 45.3 Å². The molecule has 0 aliphatic carbocycles. The fourth-order valence-corrected chi connectivity index (χ4v) is 3.18. The fraction of sp³-hybridized carbons (Fsp3) is 0.750. The van der Waals surface area contributed by atoms with Crippen molar-refractivity contribution >= 4 is 5.91 Å². The van der Waals surface area contributed by atoms with Gasteiger partial charge in [0.1, 0.15) is 0 Å². The van der Waals surface area contributed by atoms with Gasteiger partial charge in [-0.2, -0.15) is 5.10 Å². The first-order chi connectivity index (χ1) is 9.90. The van der Waals surface area contributed by atoms with Crippen LogP contribution in [0, 0.1) is 25.7 Å². The van der Waals surface area contributed by atoms with E-state index in [-0.39, 0.29) is 23.8 Å². The van der Waals surface area contributed by atoms with E-state index in [9.17, 15) is 9.90 Å². The van der Waals surface area contributed by atoms with E-state index in [1.165, 1.54) is 0 Å². The van der Waals surface area contributed by atoms with Gasteiger partial charge in [0.2, 0.25) is 5.91 Å². The number of amides is 1. The summed E-state index contributed by atoms with van der Waals surface area (Å²) in [4.78, 5) is 14.6. The van der Waals surface area contributed by atoms with Crippen LogP contribution in [0.5, 0.6) is 0 Å². The number of rotatable bonds is 4. The summed E-state index contributed by atoms with van der Waals surface area (Å²) in [5, 5.41) is 16.9. The van der Waals surface area contributed by atoms with E-state index in [1.54, 1.807) is 0 Å². The summed E-state index contributed by atoms with van der Waals surface area (Å²) in [6.07, 6.45) is 2.38. The van der Waals surface area contributed by atoms with Crippen LogP contribution in [-0.2, 0) is 11.2 Å². The van der Waals surface area contributed by atoms with Crippen molar-refractivity contribution in [3.8, 4) is 0 Å². The molecule has 0 bridgehead atoms. The zero-order valence-corrected chi connectivity index (χ0v) is 13.5. The van der Waals surface area contributed by atoms with E-state index in [1.807, 2.05) is 32.6 Å². The number of likely N-dealkylation sites (tertiary alicyclic amines) is 1. The Hall–Kier alpha value is -1.36. The molecule has 1 amide bonds. The molecule has 2 heterocycles. The molecule has 0 saturated carbocycles. The van der Waals surface area contributed by atoms with E-state index in [2.05, 4.69) is 10.2 Å². The van der Waals surface area contributed by atoms with Gasteiger partial charge in [0.15, 0.2) is 0 Å². The van der Waals surface area contributed by atoms with Crippen molar-refractivity contribution in [3.63, 3.8) is 0 Å². The fourth-order valence-electron chi connectivity index (χ4n) is 3.18. The quantitative estimate of drug-likeness (QED) is 0.890. The summed E-state index contributed by atoms with van der Waals surface area (Å²) >= 11 is 0. The first-order valence-electron chi connectivity index (χ1n) is 7.87. The van der Waals surface area contributed by atoms with Crippen LogP contribution >= 0.6 is 0 Å². The van der Waals surface area contributed by atoms with Crippen molar-refractivity contribution in [2.24, 2.45) is 11.8 Å². The molecule has 1 fully saturated rings. The van der Waals surface area contributed by atoms with Gasteiger partial charge < -0.3 is 10.0 Å². The number of H-pyrrole nitrogens is 1. The Labute approximate surface area is 126 Å². The predicted molar refractivity (Wildman–Crippen MR) is 81.9 cm³/mol. The van der Waals surface area contributed by atoms with Gasteiger partial charge in [-0.05, 0) is 45.6 Å².